The molecule has 1 aromatic carbocycles. The molecule has 0 amide bonds. The van der Waals surface area contributed by atoms with E-state index in [0.717, 1.165) is 31.2 Å². The summed E-state index contributed by atoms with van der Waals surface area (Å²) in [6, 6.07) is 1.42. The van der Waals surface area contributed by atoms with E-state index in [1.165, 1.54) is 13.0 Å². The van der Waals surface area contributed by atoms with Crippen LogP contribution in [0.3, 0.4) is 0 Å². The fourth-order valence-electron chi connectivity index (χ4n) is 6.20. The topological polar surface area (TPSA) is 120 Å². The van der Waals surface area contributed by atoms with E-state index in [4.69, 9.17) is 9.15 Å². The van der Waals surface area contributed by atoms with Gasteiger partial charge < -0.3 is 29.4 Å². The molecule has 8 heteroatoms. The molecule has 4 rings (SSSR count). The van der Waals surface area contributed by atoms with Crippen molar-refractivity contribution in [3.05, 3.63) is 17.4 Å². The molecule has 1 fully saturated rings. The molecule has 3 unspecified atom stereocenters. The molecule has 0 saturated heterocycles. The van der Waals surface area contributed by atoms with Crippen molar-refractivity contribution in [3.63, 3.8) is 0 Å². The van der Waals surface area contributed by atoms with Gasteiger partial charge in [0.2, 0.25) is 0 Å². The summed E-state index contributed by atoms with van der Waals surface area (Å²) >= 11 is 0. The number of rotatable bonds is 2. The Balaban J connectivity index is 2.08. The minimum atomic E-state index is -2.03. The van der Waals surface area contributed by atoms with Gasteiger partial charge in [0.05, 0.1) is 5.46 Å². The van der Waals surface area contributed by atoms with Gasteiger partial charge in [0.25, 0.3) is 0 Å². The van der Waals surface area contributed by atoms with E-state index in [1.807, 2.05) is 0 Å². The molecule has 1 heterocycles. The number of phenolic OH excluding ortho intramolecular Hbond substituents is 2. The van der Waals surface area contributed by atoms with Crippen LogP contribution in [0.4, 0.5) is 0 Å². The van der Waals surface area contributed by atoms with Crippen LogP contribution >= 0.6 is 0 Å². The highest BCUT2D eigenvalue weighted by molar-refractivity contribution is 6.63. The van der Waals surface area contributed by atoms with E-state index in [-0.39, 0.29) is 27.8 Å². The Bertz CT molecular complexity index is 1010. The van der Waals surface area contributed by atoms with Gasteiger partial charge in [-0.15, -0.1) is 0 Å². The first-order valence-corrected chi connectivity index (χ1v) is 10.5. The maximum absolute atomic E-state index is 11.8. The monoisotopic (exact) mass is 416 g/mol. The van der Waals surface area contributed by atoms with Gasteiger partial charge in [-0.25, -0.2) is 0 Å². The molecule has 0 radical (unpaired) electrons. The summed E-state index contributed by atoms with van der Waals surface area (Å²) in [7, 11) is -2.03. The number of hydrogen-bond acceptors (Lipinski definition) is 7. The van der Waals surface area contributed by atoms with Crippen LogP contribution < -0.4 is 5.46 Å². The Morgan fingerprint density at radius 2 is 1.90 bits per heavy atom. The van der Waals surface area contributed by atoms with Crippen LogP contribution in [0.2, 0.25) is 0 Å². The first kappa shape index (κ1) is 21.1. The standard InChI is InChI=1S/C22H29BO7/c1-11(24)29-14-6-7-15-21(2,3)8-5-9-22(15,4)16-12-10-13(25)18(26)17(23(27)28)19(12)30-20(14)16/h10,14-15,25-28H,5-9H2,1-4H3. The molecular weight excluding hydrogens is 387 g/mol. The van der Waals surface area contributed by atoms with Crippen LogP contribution in [0, 0.1) is 11.3 Å². The molecular formula is C22H29BO7. The van der Waals surface area contributed by atoms with Crippen LogP contribution in [0.1, 0.15) is 77.2 Å². The molecule has 30 heavy (non-hydrogen) atoms. The first-order chi connectivity index (χ1) is 14.0. The molecule has 0 spiro atoms. The average molecular weight is 416 g/mol. The van der Waals surface area contributed by atoms with E-state index in [2.05, 4.69) is 20.8 Å². The zero-order valence-corrected chi connectivity index (χ0v) is 17.9. The molecule has 0 aliphatic heterocycles. The number of carbonyl (C=O) groups is 1. The van der Waals surface area contributed by atoms with Crippen molar-refractivity contribution in [2.45, 2.75) is 71.3 Å². The molecule has 162 valence electrons. The van der Waals surface area contributed by atoms with Crippen LogP contribution in [0.5, 0.6) is 11.5 Å². The summed E-state index contributed by atoms with van der Waals surface area (Å²) in [6.45, 7) is 8.05. The number of ether oxygens (including phenoxy) is 1. The third kappa shape index (κ3) is 3.00. The Hall–Kier alpha value is -2.19. The second-order valence-electron chi connectivity index (χ2n) is 9.74. The number of phenols is 2. The number of aromatic hydroxyl groups is 2. The summed E-state index contributed by atoms with van der Waals surface area (Å²) in [6.07, 6.45) is 3.83. The van der Waals surface area contributed by atoms with E-state index >= 15 is 0 Å². The van der Waals surface area contributed by atoms with Crippen LogP contribution in [-0.4, -0.2) is 33.3 Å². The third-order valence-corrected chi connectivity index (χ3v) is 7.37. The summed E-state index contributed by atoms with van der Waals surface area (Å²) in [4.78, 5) is 11.8. The predicted octanol–water partition coefficient (Wildman–Crippen LogP) is 3.01. The van der Waals surface area contributed by atoms with Gasteiger partial charge in [-0.1, -0.05) is 27.2 Å². The van der Waals surface area contributed by atoms with Crippen LogP contribution in [-0.2, 0) is 14.9 Å². The van der Waals surface area contributed by atoms with E-state index < -0.39 is 30.7 Å². The molecule has 0 bridgehead atoms. The average Bonchev–Trinajstić information content (AvgIpc) is 2.93. The van der Waals surface area contributed by atoms with Crippen molar-refractivity contribution in [1.29, 1.82) is 0 Å². The minimum Gasteiger partial charge on any atom is -0.504 e. The lowest BCUT2D eigenvalue weighted by Crippen LogP contribution is -2.44. The fraction of sp³-hybridized carbons (Fsp3) is 0.591. The fourth-order valence-corrected chi connectivity index (χ4v) is 6.20. The number of benzene rings is 1. The van der Waals surface area contributed by atoms with Crippen molar-refractivity contribution in [1.82, 2.24) is 0 Å². The Morgan fingerprint density at radius 3 is 2.53 bits per heavy atom. The Kier molecular flexibility index (Phi) is 4.86. The molecule has 2 aliphatic rings. The highest BCUT2D eigenvalue weighted by atomic mass is 16.6. The molecule has 3 atom stereocenters. The number of esters is 1. The van der Waals surface area contributed by atoms with Gasteiger partial charge in [0.15, 0.2) is 17.6 Å². The zero-order chi connectivity index (χ0) is 22.0. The molecule has 7 nitrogen and oxygen atoms in total. The second-order valence-corrected chi connectivity index (χ2v) is 9.74. The van der Waals surface area contributed by atoms with E-state index in [9.17, 15) is 25.1 Å². The highest BCUT2D eigenvalue weighted by Gasteiger charge is 2.52. The van der Waals surface area contributed by atoms with E-state index in [0.29, 0.717) is 17.6 Å². The SMILES string of the molecule is CC(=O)OC1CCC2C(C)(C)CCCC2(C)c2c1oc1c(B(O)O)c(O)c(O)cc21. The maximum atomic E-state index is 11.8. The van der Waals surface area contributed by atoms with Gasteiger partial charge in [0, 0.05) is 23.3 Å². The van der Waals surface area contributed by atoms with Gasteiger partial charge in [-0.05, 0) is 43.1 Å². The summed E-state index contributed by atoms with van der Waals surface area (Å²) in [5, 5.41) is 40.9. The summed E-state index contributed by atoms with van der Waals surface area (Å²) in [5.41, 5.74) is 0.383. The quantitative estimate of drug-likeness (QED) is 0.337. The molecule has 1 aromatic heterocycles. The lowest BCUT2D eigenvalue weighted by atomic mass is 9.53. The lowest BCUT2D eigenvalue weighted by molar-refractivity contribution is -0.148. The number of hydrogen-bond donors (Lipinski definition) is 4. The largest absolute Gasteiger partial charge is 0.504 e. The highest BCUT2D eigenvalue weighted by Crippen LogP contribution is 2.60. The third-order valence-electron chi connectivity index (χ3n) is 7.37. The number of fused-ring (bicyclic) bond motifs is 5. The Morgan fingerprint density at radius 1 is 1.20 bits per heavy atom. The van der Waals surface area contributed by atoms with Crippen molar-refractivity contribution < 1.29 is 34.2 Å². The van der Waals surface area contributed by atoms with Gasteiger partial charge in [-0.3, -0.25) is 4.79 Å². The number of furan rings is 1. The maximum Gasteiger partial charge on any atom is 0.496 e. The number of carbonyl (C=O) groups excluding carboxylic acids is 1. The van der Waals surface area contributed by atoms with Crippen molar-refractivity contribution >= 4 is 29.5 Å². The van der Waals surface area contributed by atoms with Gasteiger partial charge in [0.1, 0.15) is 11.3 Å². The zero-order valence-electron chi connectivity index (χ0n) is 17.9. The van der Waals surface area contributed by atoms with Crippen molar-refractivity contribution in [3.8, 4) is 11.5 Å². The predicted molar refractivity (Wildman–Crippen MR) is 112 cm³/mol. The van der Waals surface area contributed by atoms with Crippen LogP contribution in [0.15, 0.2) is 10.5 Å². The molecule has 2 aliphatic carbocycles. The van der Waals surface area contributed by atoms with E-state index in [1.54, 1.807) is 0 Å². The Labute approximate surface area is 175 Å². The summed E-state index contributed by atoms with van der Waals surface area (Å²) < 4.78 is 11.8. The normalized spacial score (nSPS) is 27.8. The van der Waals surface area contributed by atoms with Gasteiger partial charge in [-0.2, -0.15) is 0 Å². The first-order valence-electron chi connectivity index (χ1n) is 10.5. The molecule has 2 aromatic rings. The lowest BCUT2D eigenvalue weighted by Gasteiger charge is -2.50. The summed E-state index contributed by atoms with van der Waals surface area (Å²) in [5.74, 6) is -0.755. The second kappa shape index (κ2) is 6.92. The molecule has 1 saturated carbocycles. The minimum absolute atomic E-state index is 0.0528. The van der Waals surface area contributed by atoms with Crippen LogP contribution in [0.25, 0.3) is 11.0 Å². The van der Waals surface area contributed by atoms with Crippen molar-refractivity contribution in [2.24, 2.45) is 11.3 Å². The van der Waals surface area contributed by atoms with Gasteiger partial charge >= 0.3 is 13.1 Å². The van der Waals surface area contributed by atoms with Crippen molar-refractivity contribution in [2.75, 3.05) is 0 Å². The molecule has 4 N–H and O–H groups in total. The smallest absolute Gasteiger partial charge is 0.496 e.